The molecule has 1 fully saturated rings. The number of methoxy groups -OCH3 is 1. The van der Waals surface area contributed by atoms with E-state index in [-0.39, 0.29) is 12.6 Å². The highest BCUT2D eigenvalue weighted by Crippen LogP contribution is 2.11. The van der Waals surface area contributed by atoms with E-state index in [1.807, 2.05) is 0 Å². The maximum atomic E-state index is 10.6. The molecule has 1 aliphatic heterocycles. The van der Waals surface area contributed by atoms with Gasteiger partial charge in [0, 0.05) is 6.61 Å². The maximum absolute atomic E-state index is 10.6. The van der Waals surface area contributed by atoms with E-state index in [0.717, 1.165) is 25.4 Å². The van der Waals surface area contributed by atoms with Crippen molar-refractivity contribution >= 4 is 5.97 Å². The second-order valence-corrected chi connectivity index (χ2v) is 3.28. The molecule has 13 heavy (non-hydrogen) atoms. The Morgan fingerprint density at radius 2 is 2.46 bits per heavy atom. The standard InChI is InChI=1S/C9H17NO3/c1-12-9(11)7-13-5-3-8-2-4-10-6-8/h8,10H,2-7H2,1H3. The lowest BCUT2D eigenvalue weighted by Crippen LogP contribution is -2.14. The highest BCUT2D eigenvalue weighted by molar-refractivity contribution is 5.70. The van der Waals surface area contributed by atoms with Crippen molar-refractivity contribution in [1.82, 2.24) is 5.32 Å². The summed E-state index contributed by atoms with van der Waals surface area (Å²) in [5, 5.41) is 3.29. The second-order valence-electron chi connectivity index (χ2n) is 3.28. The van der Waals surface area contributed by atoms with E-state index < -0.39 is 0 Å². The lowest BCUT2D eigenvalue weighted by molar-refractivity contribution is -0.146. The number of nitrogens with one attached hydrogen (secondary N) is 1. The predicted molar refractivity (Wildman–Crippen MR) is 48.4 cm³/mol. The average molecular weight is 187 g/mol. The Hall–Kier alpha value is -0.610. The molecule has 0 spiro atoms. The largest absolute Gasteiger partial charge is 0.467 e. The highest BCUT2D eigenvalue weighted by atomic mass is 16.6. The van der Waals surface area contributed by atoms with Crippen LogP contribution in [0.1, 0.15) is 12.8 Å². The third-order valence-corrected chi connectivity index (χ3v) is 2.28. The molecule has 76 valence electrons. The predicted octanol–water partition coefficient (Wildman–Crippen LogP) is 0.176. The summed E-state index contributed by atoms with van der Waals surface area (Å²) in [5.74, 6) is 0.419. The molecule has 4 nitrogen and oxygen atoms in total. The van der Waals surface area contributed by atoms with Gasteiger partial charge in [-0.05, 0) is 31.8 Å². The van der Waals surface area contributed by atoms with Crippen molar-refractivity contribution in [2.24, 2.45) is 5.92 Å². The summed E-state index contributed by atoms with van der Waals surface area (Å²) in [4.78, 5) is 10.6. The zero-order valence-corrected chi connectivity index (χ0v) is 8.04. The number of ether oxygens (including phenoxy) is 2. The Balaban J connectivity index is 1.91. The van der Waals surface area contributed by atoms with Crippen LogP contribution in [-0.2, 0) is 14.3 Å². The fraction of sp³-hybridized carbons (Fsp3) is 0.889. The van der Waals surface area contributed by atoms with Crippen LogP contribution >= 0.6 is 0 Å². The number of rotatable bonds is 5. The first-order valence-corrected chi connectivity index (χ1v) is 4.68. The van der Waals surface area contributed by atoms with Crippen LogP contribution in [0.3, 0.4) is 0 Å². The molecule has 0 aromatic carbocycles. The monoisotopic (exact) mass is 187 g/mol. The Morgan fingerprint density at radius 3 is 3.08 bits per heavy atom. The van der Waals surface area contributed by atoms with Crippen molar-refractivity contribution in [1.29, 1.82) is 0 Å². The lowest BCUT2D eigenvalue weighted by Gasteiger charge is -2.07. The molecule has 1 aliphatic rings. The molecule has 0 amide bonds. The summed E-state index contributed by atoms with van der Waals surface area (Å²) in [6.45, 7) is 2.93. The van der Waals surface area contributed by atoms with Gasteiger partial charge in [-0.2, -0.15) is 0 Å². The first-order chi connectivity index (χ1) is 6.33. The fourth-order valence-electron chi connectivity index (χ4n) is 1.43. The van der Waals surface area contributed by atoms with Crippen molar-refractivity contribution in [3.8, 4) is 0 Å². The Bertz CT molecular complexity index is 155. The normalized spacial score (nSPS) is 21.8. The molecule has 1 rings (SSSR count). The zero-order valence-electron chi connectivity index (χ0n) is 8.04. The van der Waals surface area contributed by atoms with Gasteiger partial charge in [0.25, 0.3) is 0 Å². The molecule has 4 heteroatoms. The van der Waals surface area contributed by atoms with E-state index >= 15 is 0 Å². The molecule has 0 saturated carbocycles. The Kier molecular flexibility index (Phi) is 4.78. The highest BCUT2D eigenvalue weighted by Gasteiger charge is 2.13. The summed E-state index contributed by atoms with van der Waals surface area (Å²) < 4.78 is 9.59. The molecule has 0 aromatic heterocycles. The molecular formula is C9H17NO3. The number of esters is 1. The summed E-state index contributed by atoms with van der Waals surface area (Å²) in [5.41, 5.74) is 0. The zero-order chi connectivity index (χ0) is 9.52. The average Bonchev–Trinajstić information content (AvgIpc) is 2.64. The van der Waals surface area contributed by atoms with Gasteiger partial charge in [-0.25, -0.2) is 4.79 Å². The van der Waals surface area contributed by atoms with E-state index in [1.54, 1.807) is 0 Å². The Labute approximate surface area is 78.6 Å². The van der Waals surface area contributed by atoms with Crippen molar-refractivity contribution in [2.45, 2.75) is 12.8 Å². The Morgan fingerprint density at radius 1 is 1.62 bits per heavy atom. The van der Waals surface area contributed by atoms with Crippen LogP contribution in [0.5, 0.6) is 0 Å². The van der Waals surface area contributed by atoms with Crippen LogP contribution in [0.2, 0.25) is 0 Å². The summed E-state index contributed by atoms with van der Waals surface area (Å²) in [6.07, 6.45) is 2.26. The summed E-state index contributed by atoms with van der Waals surface area (Å²) in [6, 6.07) is 0. The first kappa shape index (κ1) is 10.5. The molecule has 1 atom stereocenters. The summed E-state index contributed by atoms with van der Waals surface area (Å²) in [7, 11) is 1.37. The molecule has 0 radical (unpaired) electrons. The van der Waals surface area contributed by atoms with Crippen LogP contribution in [0.25, 0.3) is 0 Å². The van der Waals surface area contributed by atoms with Gasteiger partial charge < -0.3 is 14.8 Å². The maximum Gasteiger partial charge on any atom is 0.331 e. The van der Waals surface area contributed by atoms with E-state index in [2.05, 4.69) is 10.1 Å². The molecular weight excluding hydrogens is 170 g/mol. The fourth-order valence-corrected chi connectivity index (χ4v) is 1.43. The SMILES string of the molecule is COC(=O)COCCC1CCNC1. The molecule has 1 saturated heterocycles. The van der Waals surface area contributed by atoms with Gasteiger partial charge in [0.2, 0.25) is 0 Å². The summed E-state index contributed by atoms with van der Waals surface area (Å²) >= 11 is 0. The van der Waals surface area contributed by atoms with E-state index in [1.165, 1.54) is 13.5 Å². The first-order valence-electron chi connectivity index (χ1n) is 4.68. The minimum absolute atomic E-state index is 0.0800. The van der Waals surface area contributed by atoms with E-state index in [4.69, 9.17) is 4.74 Å². The number of hydrogen-bond acceptors (Lipinski definition) is 4. The molecule has 1 unspecified atom stereocenters. The van der Waals surface area contributed by atoms with Gasteiger partial charge >= 0.3 is 5.97 Å². The number of carbonyl (C=O) groups is 1. The molecule has 0 aromatic rings. The quantitative estimate of drug-likeness (QED) is 0.492. The van der Waals surface area contributed by atoms with Crippen LogP contribution in [0.15, 0.2) is 0 Å². The molecule has 0 bridgehead atoms. The van der Waals surface area contributed by atoms with Gasteiger partial charge in [0.05, 0.1) is 7.11 Å². The van der Waals surface area contributed by atoms with E-state index in [0.29, 0.717) is 6.61 Å². The van der Waals surface area contributed by atoms with E-state index in [9.17, 15) is 4.79 Å². The van der Waals surface area contributed by atoms with Crippen molar-refractivity contribution < 1.29 is 14.3 Å². The lowest BCUT2D eigenvalue weighted by atomic mass is 10.1. The smallest absolute Gasteiger partial charge is 0.331 e. The van der Waals surface area contributed by atoms with Crippen molar-refractivity contribution in [2.75, 3.05) is 33.4 Å². The number of hydrogen-bond donors (Lipinski definition) is 1. The van der Waals surface area contributed by atoms with Gasteiger partial charge in [-0.3, -0.25) is 0 Å². The second kappa shape index (κ2) is 5.94. The van der Waals surface area contributed by atoms with Crippen molar-refractivity contribution in [3.05, 3.63) is 0 Å². The molecule has 0 aliphatic carbocycles. The molecule has 1 N–H and O–H groups in total. The van der Waals surface area contributed by atoms with Crippen LogP contribution in [0, 0.1) is 5.92 Å². The van der Waals surface area contributed by atoms with Gasteiger partial charge in [0.1, 0.15) is 6.61 Å². The third kappa shape index (κ3) is 4.24. The van der Waals surface area contributed by atoms with Gasteiger partial charge in [-0.1, -0.05) is 0 Å². The van der Waals surface area contributed by atoms with Crippen molar-refractivity contribution in [3.63, 3.8) is 0 Å². The topological polar surface area (TPSA) is 47.6 Å². The van der Waals surface area contributed by atoms with Gasteiger partial charge in [-0.15, -0.1) is 0 Å². The molecule has 1 heterocycles. The van der Waals surface area contributed by atoms with Crippen LogP contribution in [-0.4, -0.2) is 39.4 Å². The van der Waals surface area contributed by atoms with Crippen LogP contribution in [0.4, 0.5) is 0 Å². The minimum Gasteiger partial charge on any atom is -0.467 e. The third-order valence-electron chi connectivity index (χ3n) is 2.28. The van der Waals surface area contributed by atoms with Crippen LogP contribution < -0.4 is 5.32 Å². The van der Waals surface area contributed by atoms with Gasteiger partial charge in [0.15, 0.2) is 0 Å². The number of carbonyl (C=O) groups excluding carboxylic acids is 1. The minimum atomic E-state index is -0.301.